The molecule has 6 nitrogen and oxygen atoms in total. The van der Waals surface area contributed by atoms with Gasteiger partial charge in [-0.25, -0.2) is 4.39 Å². The topological polar surface area (TPSA) is 67.5 Å². The lowest BCUT2D eigenvalue weighted by atomic mass is 10.1. The van der Waals surface area contributed by atoms with E-state index in [0.29, 0.717) is 25.4 Å². The maximum Gasteiger partial charge on any atom is 0.287 e. The van der Waals surface area contributed by atoms with Gasteiger partial charge in [0.2, 0.25) is 0 Å². The van der Waals surface area contributed by atoms with Gasteiger partial charge in [-0.05, 0) is 63.6 Å². The number of hydrogen-bond acceptors (Lipinski definition) is 3. The maximum absolute atomic E-state index is 14.2. The Morgan fingerprint density at radius 1 is 1.09 bits per heavy atom. The summed E-state index contributed by atoms with van der Waals surface area (Å²) < 4.78 is 21.9. The summed E-state index contributed by atoms with van der Waals surface area (Å²) in [5.41, 5.74) is 0.602. The Balaban J connectivity index is 1.74. The van der Waals surface area contributed by atoms with Crippen molar-refractivity contribution in [2.45, 2.75) is 52.7 Å². The SMILES string of the molecule is CCCN(Cc1cccn1Cc1ccc(C(=O)NC(C)(C)C)o1)C(=O)c1ccccc1F. The maximum atomic E-state index is 14.2. The van der Waals surface area contributed by atoms with Gasteiger partial charge in [-0.15, -0.1) is 0 Å². The molecule has 0 unspecified atom stereocenters. The molecule has 1 N–H and O–H groups in total. The van der Waals surface area contributed by atoms with E-state index in [0.717, 1.165) is 12.1 Å². The van der Waals surface area contributed by atoms with Gasteiger partial charge in [0, 0.05) is 24.0 Å². The molecule has 0 spiro atoms. The van der Waals surface area contributed by atoms with E-state index in [9.17, 15) is 14.0 Å². The Bertz CT molecular complexity index is 1080. The molecular formula is C25H30FN3O3. The molecule has 2 amide bonds. The number of carbonyl (C=O) groups excluding carboxylic acids is 2. The smallest absolute Gasteiger partial charge is 0.287 e. The first kappa shape index (κ1) is 23.3. The molecule has 170 valence electrons. The Morgan fingerprint density at radius 2 is 1.84 bits per heavy atom. The minimum atomic E-state index is -0.523. The molecule has 0 saturated heterocycles. The number of carbonyl (C=O) groups is 2. The normalized spacial score (nSPS) is 11.4. The lowest BCUT2D eigenvalue weighted by Gasteiger charge is -2.23. The molecule has 0 atom stereocenters. The molecule has 7 heteroatoms. The van der Waals surface area contributed by atoms with Crippen molar-refractivity contribution in [3.8, 4) is 0 Å². The van der Waals surface area contributed by atoms with Crippen LogP contribution in [0.3, 0.4) is 0 Å². The van der Waals surface area contributed by atoms with E-state index in [4.69, 9.17) is 4.42 Å². The highest BCUT2D eigenvalue weighted by atomic mass is 19.1. The van der Waals surface area contributed by atoms with Crippen molar-refractivity contribution in [3.63, 3.8) is 0 Å². The van der Waals surface area contributed by atoms with Gasteiger partial charge < -0.3 is 19.2 Å². The van der Waals surface area contributed by atoms with Gasteiger partial charge >= 0.3 is 0 Å². The Hall–Kier alpha value is -3.35. The lowest BCUT2D eigenvalue weighted by Crippen LogP contribution is -2.40. The quantitative estimate of drug-likeness (QED) is 0.546. The van der Waals surface area contributed by atoms with Gasteiger partial charge in [0.1, 0.15) is 11.6 Å². The minimum Gasteiger partial charge on any atom is -0.454 e. The summed E-state index contributed by atoms with van der Waals surface area (Å²) in [6.45, 7) is 8.97. The number of rotatable bonds is 8. The Morgan fingerprint density at radius 3 is 2.53 bits per heavy atom. The molecule has 0 saturated carbocycles. The van der Waals surface area contributed by atoms with Crippen molar-refractivity contribution in [2.24, 2.45) is 0 Å². The summed E-state index contributed by atoms with van der Waals surface area (Å²) in [5.74, 6) is -0.237. The van der Waals surface area contributed by atoms with Gasteiger partial charge in [-0.3, -0.25) is 9.59 Å². The fourth-order valence-corrected chi connectivity index (χ4v) is 3.43. The fourth-order valence-electron chi connectivity index (χ4n) is 3.43. The molecule has 2 aromatic heterocycles. The van der Waals surface area contributed by atoms with E-state index >= 15 is 0 Å². The summed E-state index contributed by atoms with van der Waals surface area (Å²) in [5, 5.41) is 2.88. The molecule has 0 bridgehead atoms. The predicted molar refractivity (Wildman–Crippen MR) is 121 cm³/mol. The number of hydrogen-bond donors (Lipinski definition) is 1. The third-order valence-corrected chi connectivity index (χ3v) is 4.86. The summed E-state index contributed by atoms with van der Waals surface area (Å²) in [6.07, 6.45) is 2.65. The summed E-state index contributed by atoms with van der Waals surface area (Å²) in [4.78, 5) is 26.9. The zero-order valence-electron chi connectivity index (χ0n) is 19.0. The van der Waals surface area contributed by atoms with Crippen molar-refractivity contribution >= 4 is 11.8 Å². The average Bonchev–Trinajstić information content (AvgIpc) is 3.36. The van der Waals surface area contributed by atoms with E-state index in [2.05, 4.69) is 5.32 Å². The third kappa shape index (κ3) is 5.87. The van der Waals surface area contributed by atoms with Crippen LogP contribution < -0.4 is 5.32 Å². The molecular weight excluding hydrogens is 409 g/mol. The monoisotopic (exact) mass is 439 g/mol. The number of halogens is 1. The first-order valence-electron chi connectivity index (χ1n) is 10.8. The third-order valence-electron chi connectivity index (χ3n) is 4.86. The van der Waals surface area contributed by atoms with Crippen LogP contribution in [0, 0.1) is 5.82 Å². The highest BCUT2D eigenvalue weighted by Crippen LogP contribution is 2.17. The second kappa shape index (κ2) is 9.85. The standard InChI is InChI=1S/C25H30FN3O3/c1-5-14-29(24(31)20-10-6-7-11-21(20)26)16-18-9-8-15-28(18)17-19-12-13-22(32-19)23(30)27-25(2,3)4/h6-13,15H,5,14,16-17H2,1-4H3,(H,27,30). The van der Waals surface area contributed by atoms with E-state index in [1.807, 2.05) is 50.6 Å². The average molecular weight is 440 g/mol. The van der Waals surface area contributed by atoms with E-state index in [1.165, 1.54) is 12.1 Å². The van der Waals surface area contributed by atoms with E-state index in [1.54, 1.807) is 29.2 Å². The van der Waals surface area contributed by atoms with Crippen molar-refractivity contribution in [1.29, 1.82) is 0 Å². The Labute approximate surface area is 188 Å². The zero-order valence-corrected chi connectivity index (χ0v) is 19.0. The van der Waals surface area contributed by atoms with Crippen molar-refractivity contribution in [3.05, 3.63) is 83.3 Å². The van der Waals surface area contributed by atoms with Crippen LogP contribution in [0.1, 0.15) is 66.5 Å². The largest absolute Gasteiger partial charge is 0.454 e. The van der Waals surface area contributed by atoms with Gasteiger partial charge in [0.15, 0.2) is 5.76 Å². The molecule has 3 rings (SSSR count). The Kier molecular flexibility index (Phi) is 7.18. The lowest BCUT2D eigenvalue weighted by molar-refractivity contribution is 0.0734. The minimum absolute atomic E-state index is 0.0691. The van der Waals surface area contributed by atoms with Crippen LogP contribution in [0.4, 0.5) is 4.39 Å². The van der Waals surface area contributed by atoms with Gasteiger partial charge in [0.05, 0.1) is 18.7 Å². The molecule has 1 aromatic carbocycles. The fraction of sp³-hybridized carbons (Fsp3) is 0.360. The number of aromatic nitrogens is 1. The van der Waals surface area contributed by atoms with Crippen LogP contribution in [0.25, 0.3) is 0 Å². The second-order valence-electron chi connectivity index (χ2n) is 8.80. The first-order valence-corrected chi connectivity index (χ1v) is 10.8. The first-order chi connectivity index (χ1) is 15.2. The van der Waals surface area contributed by atoms with Gasteiger partial charge in [-0.1, -0.05) is 19.1 Å². The predicted octanol–water partition coefficient (Wildman–Crippen LogP) is 4.85. The summed E-state index contributed by atoms with van der Waals surface area (Å²) in [6, 6.07) is 13.3. The molecule has 3 aromatic rings. The highest BCUT2D eigenvalue weighted by Gasteiger charge is 2.21. The summed E-state index contributed by atoms with van der Waals surface area (Å²) in [7, 11) is 0. The van der Waals surface area contributed by atoms with Crippen LogP contribution in [0.5, 0.6) is 0 Å². The molecule has 0 aliphatic heterocycles. The molecule has 2 heterocycles. The van der Waals surface area contributed by atoms with Crippen molar-refractivity contribution < 1.29 is 18.4 Å². The van der Waals surface area contributed by atoms with Crippen LogP contribution in [0.2, 0.25) is 0 Å². The second-order valence-corrected chi connectivity index (χ2v) is 8.80. The number of amides is 2. The molecule has 32 heavy (non-hydrogen) atoms. The zero-order chi connectivity index (χ0) is 23.3. The van der Waals surface area contributed by atoms with Gasteiger partial charge in [0.25, 0.3) is 11.8 Å². The number of nitrogens with zero attached hydrogens (tertiary/aromatic N) is 2. The number of furan rings is 1. The molecule has 0 aliphatic rings. The van der Waals surface area contributed by atoms with Crippen LogP contribution in [-0.4, -0.2) is 33.4 Å². The van der Waals surface area contributed by atoms with Gasteiger partial charge in [-0.2, -0.15) is 0 Å². The molecule has 0 fully saturated rings. The van der Waals surface area contributed by atoms with Crippen molar-refractivity contribution in [2.75, 3.05) is 6.54 Å². The highest BCUT2D eigenvalue weighted by molar-refractivity contribution is 5.94. The van der Waals surface area contributed by atoms with Crippen LogP contribution in [-0.2, 0) is 13.1 Å². The van der Waals surface area contributed by atoms with Crippen LogP contribution in [0.15, 0.2) is 59.1 Å². The number of nitrogens with one attached hydrogen (secondary N) is 1. The van der Waals surface area contributed by atoms with Crippen LogP contribution >= 0.6 is 0 Å². The molecule has 0 radical (unpaired) electrons. The van der Waals surface area contributed by atoms with E-state index in [-0.39, 0.29) is 28.7 Å². The number of benzene rings is 1. The van der Waals surface area contributed by atoms with Crippen molar-refractivity contribution in [1.82, 2.24) is 14.8 Å². The summed E-state index contributed by atoms with van der Waals surface area (Å²) >= 11 is 0. The molecule has 0 aliphatic carbocycles. The van der Waals surface area contributed by atoms with E-state index < -0.39 is 5.82 Å².